The Labute approximate surface area is 197 Å². The second kappa shape index (κ2) is 8.63. The van der Waals surface area contributed by atoms with Gasteiger partial charge in [-0.25, -0.2) is 9.37 Å². The van der Waals surface area contributed by atoms with Gasteiger partial charge in [0.1, 0.15) is 17.2 Å². The molecule has 0 spiro atoms. The third-order valence-corrected chi connectivity index (χ3v) is 6.45. The molecule has 3 aromatic rings. The van der Waals surface area contributed by atoms with Crippen molar-refractivity contribution in [3.8, 4) is 5.69 Å². The molecule has 2 aliphatic rings. The van der Waals surface area contributed by atoms with Crippen LogP contribution in [-0.4, -0.2) is 44.1 Å². The van der Waals surface area contributed by atoms with Gasteiger partial charge in [0, 0.05) is 25.8 Å². The number of fused-ring (bicyclic) bond motifs is 1. The van der Waals surface area contributed by atoms with Crippen molar-refractivity contribution in [1.82, 2.24) is 19.0 Å². The van der Waals surface area contributed by atoms with E-state index in [0.717, 1.165) is 17.8 Å². The first kappa shape index (κ1) is 23.3. The second-order valence-electron chi connectivity index (χ2n) is 8.80. The Morgan fingerprint density at radius 1 is 1.11 bits per heavy atom. The van der Waals surface area contributed by atoms with Crippen molar-refractivity contribution in [2.75, 3.05) is 13.1 Å². The third kappa shape index (κ3) is 4.36. The van der Waals surface area contributed by atoms with Gasteiger partial charge < -0.3 is 18.8 Å². The molecule has 2 aliphatic heterocycles. The highest BCUT2D eigenvalue weighted by atomic mass is 19.4. The summed E-state index contributed by atoms with van der Waals surface area (Å²) in [6, 6.07) is 6.03. The molecule has 1 fully saturated rings. The van der Waals surface area contributed by atoms with E-state index in [2.05, 4.69) is 4.98 Å². The van der Waals surface area contributed by atoms with Crippen molar-refractivity contribution >= 4 is 5.91 Å². The van der Waals surface area contributed by atoms with E-state index in [1.54, 1.807) is 34.1 Å². The van der Waals surface area contributed by atoms with Gasteiger partial charge >= 0.3 is 6.18 Å². The number of alkyl halides is 3. The zero-order chi connectivity index (χ0) is 24.9. The number of benzene rings is 1. The number of pyridine rings is 1. The van der Waals surface area contributed by atoms with Gasteiger partial charge in [-0.05, 0) is 49.6 Å². The summed E-state index contributed by atoms with van der Waals surface area (Å²) in [4.78, 5) is 31.8. The van der Waals surface area contributed by atoms with Crippen molar-refractivity contribution in [1.29, 1.82) is 0 Å². The van der Waals surface area contributed by atoms with Crippen molar-refractivity contribution in [3.05, 3.63) is 81.5 Å². The minimum atomic E-state index is -4.76. The Hall–Kier alpha value is -3.47. The molecular formula is C24H22F4N4O3. The number of aromatic nitrogens is 3. The zero-order valence-electron chi connectivity index (χ0n) is 18.8. The summed E-state index contributed by atoms with van der Waals surface area (Å²) < 4.78 is 61.5. The number of imidazole rings is 1. The first-order chi connectivity index (χ1) is 16.6. The van der Waals surface area contributed by atoms with E-state index in [1.807, 2.05) is 6.92 Å². The van der Waals surface area contributed by atoms with Crippen LogP contribution >= 0.6 is 0 Å². The molecule has 5 rings (SSSR count). The van der Waals surface area contributed by atoms with Crippen molar-refractivity contribution in [2.45, 2.75) is 44.7 Å². The number of amides is 1. The maximum atomic E-state index is 14.0. The Kier molecular flexibility index (Phi) is 5.74. The molecule has 0 N–H and O–H groups in total. The summed E-state index contributed by atoms with van der Waals surface area (Å²) in [6.45, 7) is 2.73. The lowest BCUT2D eigenvalue weighted by atomic mass is 10.0. The summed E-state index contributed by atoms with van der Waals surface area (Å²) in [5.41, 5.74) is 0.192. The third-order valence-electron chi connectivity index (χ3n) is 6.45. The standard InChI is InChI=1S/C24H22F4N4O3/c1-14-11-31(13-29-14)19-5-6-20-22(33)30(8-9-32(20)23(19)34)12-16-3-7-21(35-16)15-2-4-17(18(25)10-15)24(26,27)28/h2,4-6,10-11,13,16,21H,3,7-9,12H2,1H3/t16-,21+/m0/s1. The summed E-state index contributed by atoms with van der Waals surface area (Å²) in [5, 5.41) is 0. The van der Waals surface area contributed by atoms with Gasteiger partial charge in [0.2, 0.25) is 0 Å². The van der Waals surface area contributed by atoms with Crippen LogP contribution in [0.4, 0.5) is 17.6 Å². The van der Waals surface area contributed by atoms with Crippen LogP contribution in [0, 0.1) is 12.7 Å². The highest BCUT2D eigenvalue weighted by Crippen LogP contribution is 2.37. The predicted molar refractivity (Wildman–Crippen MR) is 117 cm³/mol. The number of nitrogens with zero attached hydrogens (tertiary/aromatic N) is 4. The van der Waals surface area contributed by atoms with Crippen LogP contribution < -0.4 is 5.56 Å². The zero-order valence-corrected chi connectivity index (χ0v) is 18.8. The maximum Gasteiger partial charge on any atom is 0.419 e. The average molecular weight is 490 g/mol. The number of ether oxygens (including phenoxy) is 1. The minimum absolute atomic E-state index is 0.273. The van der Waals surface area contributed by atoms with Gasteiger partial charge in [0.15, 0.2) is 0 Å². The Morgan fingerprint density at radius 2 is 1.91 bits per heavy atom. The van der Waals surface area contributed by atoms with E-state index in [9.17, 15) is 27.2 Å². The quantitative estimate of drug-likeness (QED) is 0.521. The number of carbonyl (C=O) groups excluding carboxylic acids is 1. The lowest BCUT2D eigenvalue weighted by Gasteiger charge is -2.31. The summed E-state index contributed by atoms with van der Waals surface area (Å²) in [7, 11) is 0. The highest BCUT2D eigenvalue weighted by Gasteiger charge is 2.36. The van der Waals surface area contributed by atoms with E-state index < -0.39 is 23.7 Å². The molecule has 35 heavy (non-hydrogen) atoms. The number of carbonyl (C=O) groups is 1. The molecule has 1 aromatic carbocycles. The molecule has 2 aromatic heterocycles. The van der Waals surface area contributed by atoms with Crippen LogP contribution in [0.1, 0.15) is 46.3 Å². The Bertz CT molecular complexity index is 1350. The summed E-state index contributed by atoms with van der Waals surface area (Å²) in [6.07, 6.45) is -1.30. The molecule has 184 valence electrons. The van der Waals surface area contributed by atoms with Crippen LogP contribution in [0.25, 0.3) is 5.69 Å². The fourth-order valence-electron chi connectivity index (χ4n) is 4.68. The lowest BCUT2D eigenvalue weighted by molar-refractivity contribution is -0.140. The fourth-order valence-corrected chi connectivity index (χ4v) is 4.68. The number of halogens is 4. The first-order valence-corrected chi connectivity index (χ1v) is 11.2. The number of rotatable bonds is 4. The molecule has 1 saturated heterocycles. The van der Waals surface area contributed by atoms with Gasteiger partial charge in [0.25, 0.3) is 11.5 Å². The molecule has 0 bridgehead atoms. The van der Waals surface area contributed by atoms with Crippen LogP contribution in [0.3, 0.4) is 0 Å². The smallest absolute Gasteiger partial charge is 0.368 e. The largest absolute Gasteiger partial charge is 0.419 e. The molecule has 7 nitrogen and oxygen atoms in total. The monoisotopic (exact) mass is 490 g/mol. The number of aryl methyl sites for hydroxylation is 1. The van der Waals surface area contributed by atoms with Crippen LogP contribution in [0.5, 0.6) is 0 Å². The van der Waals surface area contributed by atoms with E-state index in [-0.39, 0.29) is 29.8 Å². The second-order valence-corrected chi connectivity index (χ2v) is 8.80. The number of hydrogen-bond acceptors (Lipinski definition) is 4. The van der Waals surface area contributed by atoms with Gasteiger partial charge in [0.05, 0.1) is 29.8 Å². The molecule has 0 radical (unpaired) electrons. The van der Waals surface area contributed by atoms with Crippen molar-refractivity contribution in [2.24, 2.45) is 0 Å². The molecule has 0 aliphatic carbocycles. The molecular weight excluding hydrogens is 468 g/mol. The molecule has 0 saturated carbocycles. The Balaban J connectivity index is 1.27. The highest BCUT2D eigenvalue weighted by molar-refractivity contribution is 5.93. The fraction of sp³-hybridized carbons (Fsp3) is 0.375. The number of hydrogen-bond donors (Lipinski definition) is 0. The van der Waals surface area contributed by atoms with E-state index in [0.29, 0.717) is 37.2 Å². The van der Waals surface area contributed by atoms with Gasteiger partial charge in [-0.1, -0.05) is 6.07 Å². The normalized spacial score (nSPS) is 20.4. The molecule has 2 atom stereocenters. The van der Waals surface area contributed by atoms with E-state index in [1.165, 1.54) is 10.6 Å². The minimum Gasteiger partial charge on any atom is -0.368 e. The first-order valence-electron chi connectivity index (χ1n) is 11.2. The molecule has 4 heterocycles. The SMILES string of the molecule is Cc1cn(-c2ccc3n(c2=O)CCN(C[C@@H]2CC[C@H](c4ccc(C(F)(F)F)c(F)c4)O2)C3=O)cn1. The average Bonchev–Trinajstić information content (AvgIpc) is 3.44. The lowest BCUT2D eigenvalue weighted by Crippen LogP contribution is -2.47. The van der Waals surface area contributed by atoms with Crippen LogP contribution in [0.2, 0.25) is 0 Å². The van der Waals surface area contributed by atoms with Gasteiger partial charge in [-0.3, -0.25) is 9.59 Å². The van der Waals surface area contributed by atoms with Crippen LogP contribution in [-0.2, 0) is 17.5 Å². The summed E-state index contributed by atoms with van der Waals surface area (Å²) >= 11 is 0. The summed E-state index contributed by atoms with van der Waals surface area (Å²) in [5.74, 6) is -1.63. The van der Waals surface area contributed by atoms with E-state index >= 15 is 0 Å². The maximum absolute atomic E-state index is 14.0. The van der Waals surface area contributed by atoms with Crippen molar-refractivity contribution < 1.29 is 27.1 Å². The van der Waals surface area contributed by atoms with Crippen LogP contribution in [0.15, 0.2) is 47.7 Å². The van der Waals surface area contributed by atoms with Crippen molar-refractivity contribution in [3.63, 3.8) is 0 Å². The molecule has 11 heteroatoms. The predicted octanol–water partition coefficient (Wildman–Crippen LogP) is 3.88. The van der Waals surface area contributed by atoms with E-state index in [4.69, 9.17) is 4.74 Å². The van der Waals surface area contributed by atoms with Gasteiger partial charge in [-0.2, -0.15) is 13.2 Å². The molecule has 1 amide bonds. The Morgan fingerprint density at radius 3 is 2.60 bits per heavy atom. The van der Waals surface area contributed by atoms with Gasteiger partial charge in [-0.15, -0.1) is 0 Å². The molecule has 0 unspecified atom stereocenters. The topological polar surface area (TPSA) is 69.4 Å².